The van der Waals surface area contributed by atoms with E-state index in [9.17, 15) is 9.90 Å². The Morgan fingerprint density at radius 2 is 1.74 bits per heavy atom. The maximum absolute atomic E-state index is 13.6. The average Bonchev–Trinajstić information content (AvgIpc) is 3.33. The van der Waals surface area contributed by atoms with Crippen LogP contribution in [0.1, 0.15) is 73.6 Å². The van der Waals surface area contributed by atoms with Gasteiger partial charge in [0.05, 0.1) is 18.1 Å². The van der Waals surface area contributed by atoms with Gasteiger partial charge in [-0.1, -0.05) is 38.5 Å². The van der Waals surface area contributed by atoms with E-state index in [1.807, 2.05) is 36.4 Å². The molecule has 1 N–H and O–H groups in total. The van der Waals surface area contributed by atoms with Crippen LogP contribution in [0.2, 0.25) is 0 Å². The number of imidazole rings is 1. The molecule has 34 heavy (non-hydrogen) atoms. The number of Topliss-reactive ketones (excluding diaryl/α,β-unsaturated/α-hetero) is 1. The molecule has 5 heteroatoms. The third kappa shape index (κ3) is 3.79. The highest BCUT2D eigenvalue weighted by molar-refractivity contribution is 6.00. The summed E-state index contributed by atoms with van der Waals surface area (Å²) in [5.41, 5.74) is 2.79. The number of aromatic hydroxyl groups is 1. The first kappa shape index (κ1) is 21.7. The molecule has 0 bridgehead atoms. The summed E-state index contributed by atoms with van der Waals surface area (Å²) in [6, 6.07) is 13.6. The molecule has 0 spiro atoms. The zero-order valence-corrected chi connectivity index (χ0v) is 20.0. The zero-order valence-electron chi connectivity index (χ0n) is 20.0. The standard InChI is InChI=1S/C29H34N2O3/c1-34-22-13-10-19(11-14-22)29(33)28-23(27(28)18-6-2-3-7-18)17-26-30-24-15-12-21(32)16-25(24)31(26)20-8-4-5-9-20/h10-16,18,20,23,27-28,32H,2-9,17H2,1H3. The first-order valence-corrected chi connectivity index (χ1v) is 13.0. The largest absolute Gasteiger partial charge is 0.508 e. The normalized spacial score (nSPS) is 25.3. The van der Waals surface area contributed by atoms with Gasteiger partial charge in [0.1, 0.15) is 17.3 Å². The molecule has 3 unspecified atom stereocenters. The van der Waals surface area contributed by atoms with Gasteiger partial charge in [-0.25, -0.2) is 4.98 Å². The molecule has 5 nitrogen and oxygen atoms in total. The van der Waals surface area contributed by atoms with Gasteiger partial charge in [-0.2, -0.15) is 0 Å². The van der Waals surface area contributed by atoms with Crippen molar-refractivity contribution in [2.45, 2.75) is 63.8 Å². The van der Waals surface area contributed by atoms with Gasteiger partial charge >= 0.3 is 0 Å². The maximum atomic E-state index is 13.6. The Labute approximate surface area is 201 Å². The van der Waals surface area contributed by atoms with Crippen molar-refractivity contribution in [1.82, 2.24) is 9.55 Å². The zero-order chi connectivity index (χ0) is 23.2. The number of nitrogens with zero attached hydrogens (tertiary/aromatic N) is 2. The molecule has 3 saturated carbocycles. The Kier molecular flexibility index (Phi) is 5.59. The number of ketones is 1. The van der Waals surface area contributed by atoms with Crippen molar-refractivity contribution in [3.05, 3.63) is 53.9 Å². The summed E-state index contributed by atoms with van der Waals surface area (Å²) < 4.78 is 7.69. The lowest BCUT2D eigenvalue weighted by atomic mass is 9.97. The Bertz CT molecular complexity index is 1190. The highest BCUT2D eigenvalue weighted by atomic mass is 16.5. The number of phenols is 1. The predicted octanol–water partition coefficient (Wildman–Crippen LogP) is 6.34. The van der Waals surface area contributed by atoms with Crippen molar-refractivity contribution in [3.8, 4) is 11.5 Å². The molecule has 3 aliphatic rings. The third-order valence-corrected chi connectivity index (χ3v) is 8.71. The maximum Gasteiger partial charge on any atom is 0.166 e. The number of benzene rings is 2. The summed E-state index contributed by atoms with van der Waals surface area (Å²) in [4.78, 5) is 18.7. The number of carbonyl (C=O) groups excluding carboxylic acids is 1. The van der Waals surface area contributed by atoms with Crippen LogP contribution in [0.4, 0.5) is 0 Å². The first-order valence-electron chi connectivity index (χ1n) is 13.0. The lowest BCUT2D eigenvalue weighted by Crippen LogP contribution is -2.11. The summed E-state index contributed by atoms with van der Waals surface area (Å²) in [5, 5.41) is 10.2. The molecule has 3 atom stereocenters. The van der Waals surface area contributed by atoms with Crippen molar-refractivity contribution in [2.24, 2.45) is 23.7 Å². The molecule has 3 fully saturated rings. The number of ether oxygens (including phenoxy) is 1. The van der Waals surface area contributed by atoms with Crippen molar-refractivity contribution in [1.29, 1.82) is 0 Å². The van der Waals surface area contributed by atoms with E-state index in [0.29, 0.717) is 29.5 Å². The fourth-order valence-electron chi connectivity index (χ4n) is 7.02. The second kappa shape index (κ2) is 8.75. The molecule has 0 amide bonds. The minimum absolute atomic E-state index is 0.0849. The minimum atomic E-state index is 0.0849. The molecule has 3 aliphatic carbocycles. The number of methoxy groups -OCH3 is 1. The minimum Gasteiger partial charge on any atom is -0.508 e. The van der Waals surface area contributed by atoms with Crippen molar-refractivity contribution in [3.63, 3.8) is 0 Å². The summed E-state index contributed by atoms with van der Waals surface area (Å²) in [6.45, 7) is 0. The molecule has 6 rings (SSSR count). The number of phenolic OH excluding ortho intramolecular Hbond substituents is 1. The molecule has 0 radical (unpaired) electrons. The Balaban J connectivity index is 1.33. The monoisotopic (exact) mass is 458 g/mol. The Hall–Kier alpha value is -2.82. The predicted molar refractivity (Wildman–Crippen MR) is 132 cm³/mol. The Morgan fingerprint density at radius 3 is 2.44 bits per heavy atom. The molecule has 178 valence electrons. The van der Waals surface area contributed by atoms with Crippen LogP contribution in [0.3, 0.4) is 0 Å². The second-order valence-corrected chi connectivity index (χ2v) is 10.6. The van der Waals surface area contributed by atoms with Crippen LogP contribution >= 0.6 is 0 Å². The van der Waals surface area contributed by atoms with E-state index < -0.39 is 0 Å². The summed E-state index contributed by atoms with van der Waals surface area (Å²) in [6.07, 6.45) is 10.7. The molecule has 1 aromatic heterocycles. The summed E-state index contributed by atoms with van der Waals surface area (Å²) in [7, 11) is 1.65. The fourth-order valence-corrected chi connectivity index (χ4v) is 7.02. The smallest absolute Gasteiger partial charge is 0.166 e. The average molecular weight is 459 g/mol. The van der Waals surface area contributed by atoms with E-state index in [1.165, 1.54) is 51.4 Å². The second-order valence-electron chi connectivity index (χ2n) is 10.6. The van der Waals surface area contributed by atoms with E-state index >= 15 is 0 Å². The van der Waals surface area contributed by atoms with Crippen LogP contribution in [0.5, 0.6) is 11.5 Å². The van der Waals surface area contributed by atoms with Gasteiger partial charge in [0.2, 0.25) is 0 Å². The van der Waals surface area contributed by atoms with Crippen molar-refractivity contribution < 1.29 is 14.6 Å². The van der Waals surface area contributed by atoms with Crippen LogP contribution in [-0.2, 0) is 6.42 Å². The first-order chi connectivity index (χ1) is 16.6. The molecular formula is C29H34N2O3. The molecule has 1 heterocycles. The quantitative estimate of drug-likeness (QED) is 0.419. The number of fused-ring (bicyclic) bond motifs is 1. The fraction of sp³-hybridized carbons (Fsp3) is 0.517. The highest BCUT2D eigenvalue weighted by Gasteiger charge is 2.57. The van der Waals surface area contributed by atoms with Crippen molar-refractivity contribution >= 4 is 16.8 Å². The van der Waals surface area contributed by atoms with Gasteiger partial charge in [-0.3, -0.25) is 4.79 Å². The van der Waals surface area contributed by atoms with Gasteiger partial charge in [0.25, 0.3) is 0 Å². The van der Waals surface area contributed by atoms with Crippen LogP contribution in [-0.4, -0.2) is 27.6 Å². The molecule has 2 aromatic carbocycles. The van der Waals surface area contributed by atoms with E-state index in [2.05, 4.69) is 4.57 Å². The summed E-state index contributed by atoms with van der Waals surface area (Å²) >= 11 is 0. The number of carbonyl (C=O) groups is 1. The van der Waals surface area contributed by atoms with Crippen LogP contribution in [0.15, 0.2) is 42.5 Å². The molecule has 0 aliphatic heterocycles. The topological polar surface area (TPSA) is 64.3 Å². The van der Waals surface area contributed by atoms with Gasteiger partial charge in [-0.05, 0) is 67.0 Å². The number of hydrogen-bond acceptors (Lipinski definition) is 4. The SMILES string of the molecule is COc1ccc(C(=O)C2C(Cc3nc4ccc(O)cc4n3C3CCCC3)C2C2CCCC2)cc1. The van der Waals surface area contributed by atoms with Gasteiger partial charge in [-0.15, -0.1) is 0 Å². The number of hydrogen-bond donors (Lipinski definition) is 1. The highest BCUT2D eigenvalue weighted by Crippen LogP contribution is 2.58. The third-order valence-electron chi connectivity index (χ3n) is 8.71. The number of rotatable bonds is 7. The van der Waals surface area contributed by atoms with Gasteiger partial charge in [0.15, 0.2) is 5.78 Å². The molecular weight excluding hydrogens is 424 g/mol. The van der Waals surface area contributed by atoms with Gasteiger partial charge < -0.3 is 14.4 Å². The lowest BCUT2D eigenvalue weighted by molar-refractivity contribution is 0.0952. The number of aromatic nitrogens is 2. The molecule has 3 aromatic rings. The van der Waals surface area contributed by atoms with E-state index in [-0.39, 0.29) is 11.7 Å². The van der Waals surface area contributed by atoms with E-state index in [0.717, 1.165) is 34.6 Å². The summed E-state index contributed by atoms with van der Waals surface area (Å²) in [5.74, 6) is 4.01. The Morgan fingerprint density at radius 1 is 1.03 bits per heavy atom. The van der Waals surface area contributed by atoms with E-state index in [4.69, 9.17) is 9.72 Å². The van der Waals surface area contributed by atoms with Crippen LogP contribution in [0, 0.1) is 23.7 Å². The van der Waals surface area contributed by atoms with E-state index in [1.54, 1.807) is 13.2 Å². The van der Waals surface area contributed by atoms with Gasteiger partial charge in [0, 0.05) is 30.0 Å². The lowest BCUT2D eigenvalue weighted by Gasteiger charge is -2.17. The van der Waals surface area contributed by atoms with Crippen molar-refractivity contribution in [2.75, 3.05) is 7.11 Å². The molecule has 0 saturated heterocycles. The van der Waals surface area contributed by atoms with Crippen LogP contribution in [0.25, 0.3) is 11.0 Å². The van der Waals surface area contributed by atoms with Crippen LogP contribution < -0.4 is 4.74 Å².